The maximum atomic E-state index is 5.59. The van der Waals surface area contributed by atoms with Crippen LogP contribution in [0, 0.1) is 0 Å². The van der Waals surface area contributed by atoms with Gasteiger partial charge in [0.1, 0.15) is 5.75 Å². The molecule has 0 N–H and O–H groups in total. The molecule has 0 spiro atoms. The van der Waals surface area contributed by atoms with E-state index in [1.54, 1.807) is 0 Å². The van der Waals surface area contributed by atoms with E-state index in [9.17, 15) is 0 Å². The van der Waals surface area contributed by atoms with Crippen molar-refractivity contribution in [3.8, 4) is 22.8 Å². The molecule has 0 radical (unpaired) electrons. The second-order valence-electron chi connectivity index (χ2n) is 6.60. The number of nitrogens with zero attached hydrogens (tertiary/aromatic N) is 5. The van der Waals surface area contributed by atoms with E-state index in [4.69, 9.17) is 9.26 Å². The lowest BCUT2D eigenvalue weighted by Crippen LogP contribution is -2.01. The zero-order chi connectivity index (χ0) is 20.9. The van der Waals surface area contributed by atoms with Gasteiger partial charge in [0.2, 0.25) is 5.89 Å². The maximum absolute atomic E-state index is 5.59. The summed E-state index contributed by atoms with van der Waals surface area (Å²) in [4.78, 5) is 4.45. The summed E-state index contributed by atoms with van der Waals surface area (Å²) in [5.41, 5.74) is 1.95. The number of rotatable bonds is 8. The van der Waals surface area contributed by atoms with E-state index in [1.807, 2.05) is 79.9 Å². The largest absolute Gasteiger partial charge is 0.494 e. The Balaban J connectivity index is 1.72. The Hall–Kier alpha value is -3.13. The molecule has 2 heterocycles. The monoisotopic (exact) mass is 421 g/mol. The minimum Gasteiger partial charge on any atom is -0.494 e. The minimum absolute atomic E-state index is 0.0629. The number of aromatic nitrogens is 5. The molecule has 0 fully saturated rings. The summed E-state index contributed by atoms with van der Waals surface area (Å²) in [7, 11) is 0. The van der Waals surface area contributed by atoms with Crippen molar-refractivity contribution in [1.29, 1.82) is 0 Å². The molecule has 2 aromatic carbocycles. The molecule has 30 heavy (non-hydrogen) atoms. The highest BCUT2D eigenvalue weighted by Crippen LogP contribution is 2.36. The summed E-state index contributed by atoms with van der Waals surface area (Å²) < 4.78 is 13.0. The van der Waals surface area contributed by atoms with Gasteiger partial charge in [0.15, 0.2) is 16.8 Å². The van der Waals surface area contributed by atoms with Gasteiger partial charge in [-0.25, -0.2) is 0 Å². The molecule has 8 heteroatoms. The van der Waals surface area contributed by atoms with Crippen molar-refractivity contribution < 1.29 is 9.26 Å². The van der Waals surface area contributed by atoms with Crippen LogP contribution in [0.25, 0.3) is 17.1 Å². The first kappa shape index (κ1) is 20.2. The summed E-state index contributed by atoms with van der Waals surface area (Å²) in [6.07, 6.45) is 0.738. The lowest BCUT2D eigenvalue weighted by Gasteiger charge is -2.12. The third kappa shape index (κ3) is 4.23. The zero-order valence-corrected chi connectivity index (χ0v) is 18.0. The molecule has 4 rings (SSSR count). The van der Waals surface area contributed by atoms with Crippen LogP contribution >= 0.6 is 11.8 Å². The molecule has 2 aromatic heterocycles. The van der Waals surface area contributed by atoms with Gasteiger partial charge in [-0.05, 0) is 38.1 Å². The van der Waals surface area contributed by atoms with E-state index in [0.717, 1.165) is 34.4 Å². The summed E-state index contributed by atoms with van der Waals surface area (Å²) >= 11 is 1.53. The van der Waals surface area contributed by atoms with Crippen LogP contribution in [0.1, 0.15) is 37.7 Å². The van der Waals surface area contributed by atoms with Crippen LogP contribution in [-0.2, 0) is 6.42 Å². The molecule has 0 aliphatic rings. The summed E-state index contributed by atoms with van der Waals surface area (Å²) in [5.74, 6) is 2.89. The average molecular weight is 422 g/mol. The second kappa shape index (κ2) is 9.13. The van der Waals surface area contributed by atoms with Crippen molar-refractivity contribution in [3.63, 3.8) is 0 Å². The first-order valence-electron chi connectivity index (χ1n) is 9.92. The number of hydrogen-bond donors (Lipinski definition) is 0. The highest BCUT2D eigenvalue weighted by atomic mass is 32.2. The second-order valence-corrected chi connectivity index (χ2v) is 7.90. The molecule has 0 aliphatic heterocycles. The average Bonchev–Trinajstić information content (AvgIpc) is 3.42. The van der Waals surface area contributed by atoms with Gasteiger partial charge in [0, 0.05) is 17.7 Å². The van der Waals surface area contributed by atoms with Gasteiger partial charge in [0.25, 0.3) is 0 Å². The van der Waals surface area contributed by atoms with Crippen LogP contribution in [0.2, 0.25) is 0 Å². The smallest absolute Gasteiger partial charge is 0.239 e. The maximum Gasteiger partial charge on any atom is 0.239 e. The predicted octanol–water partition coefficient (Wildman–Crippen LogP) is 5.13. The SMILES string of the molecule is CCOc1ccc(-n2c(SC(C)c3nc(CC)no3)nnc2-c2ccccc2)cc1. The highest BCUT2D eigenvalue weighted by molar-refractivity contribution is 7.99. The van der Waals surface area contributed by atoms with Crippen LogP contribution in [0.4, 0.5) is 0 Å². The van der Waals surface area contributed by atoms with Gasteiger partial charge in [-0.1, -0.05) is 54.2 Å². The number of hydrogen-bond acceptors (Lipinski definition) is 7. The van der Waals surface area contributed by atoms with Gasteiger partial charge in [-0.2, -0.15) is 4.98 Å². The number of ether oxygens (including phenoxy) is 1. The first-order valence-corrected chi connectivity index (χ1v) is 10.8. The fourth-order valence-corrected chi connectivity index (χ4v) is 3.89. The third-order valence-corrected chi connectivity index (χ3v) is 5.53. The number of benzene rings is 2. The van der Waals surface area contributed by atoms with E-state index >= 15 is 0 Å². The normalized spacial score (nSPS) is 12.1. The van der Waals surface area contributed by atoms with E-state index in [-0.39, 0.29) is 5.25 Å². The standard InChI is InChI=1S/C22H23N5O2S/c1-4-19-23-21(29-26-19)15(3)30-22-25-24-20(16-9-7-6-8-10-16)27(22)17-11-13-18(14-12-17)28-5-2/h6-15H,4-5H2,1-3H3. The van der Waals surface area contributed by atoms with Crippen molar-refractivity contribution in [2.24, 2.45) is 0 Å². The summed E-state index contributed by atoms with van der Waals surface area (Å²) in [6.45, 7) is 6.63. The zero-order valence-electron chi connectivity index (χ0n) is 17.1. The van der Waals surface area contributed by atoms with E-state index in [1.165, 1.54) is 11.8 Å². The van der Waals surface area contributed by atoms with Gasteiger partial charge in [0.05, 0.1) is 11.9 Å². The minimum atomic E-state index is -0.0629. The Morgan fingerprint density at radius 1 is 1.03 bits per heavy atom. The van der Waals surface area contributed by atoms with Gasteiger partial charge >= 0.3 is 0 Å². The summed E-state index contributed by atoms with van der Waals surface area (Å²) in [6, 6.07) is 18.0. The Labute approximate surface area is 179 Å². The fraction of sp³-hybridized carbons (Fsp3) is 0.273. The van der Waals surface area contributed by atoms with Gasteiger partial charge in [-0.15, -0.1) is 10.2 Å². The summed E-state index contributed by atoms with van der Waals surface area (Å²) in [5, 5.41) is 13.6. The quantitative estimate of drug-likeness (QED) is 0.365. The Morgan fingerprint density at radius 3 is 2.47 bits per heavy atom. The molecule has 0 amide bonds. The van der Waals surface area contributed by atoms with Gasteiger partial charge in [-0.3, -0.25) is 4.57 Å². The predicted molar refractivity (Wildman–Crippen MR) is 116 cm³/mol. The number of thioether (sulfide) groups is 1. The molecule has 1 unspecified atom stereocenters. The van der Waals surface area contributed by atoms with Crippen LogP contribution in [0.3, 0.4) is 0 Å². The molecule has 0 bridgehead atoms. The van der Waals surface area contributed by atoms with Crippen LogP contribution < -0.4 is 4.74 Å². The molecule has 4 aromatic rings. The Morgan fingerprint density at radius 2 is 1.80 bits per heavy atom. The van der Waals surface area contributed by atoms with Crippen LogP contribution in [0.5, 0.6) is 5.75 Å². The molecular weight excluding hydrogens is 398 g/mol. The van der Waals surface area contributed by atoms with Crippen molar-refractivity contribution in [2.75, 3.05) is 6.61 Å². The topological polar surface area (TPSA) is 78.9 Å². The van der Waals surface area contributed by atoms with E-state index in [2.05, 4.69) is 20.3 Å². The Kier molecular flexibility index (Phi) is 6.13. The molecular formula is C22H23N5O2S. The Bertz CT molecular complexity index is 1090. The first-order chi connectivity index (χ1) is 14.7. The van der Waals surface area contributed by atoms with E-state index < -0.39 is 0 Å². The van der Waals surface area contributed by atoms with E-state index in [0.29, 0.717) is 18.3 Å². The molecule has 0 saturated carbocycles. The lowest BCUT2D eigenvalue weighted by molar-refractivity contribution is 0.340. The number of aryl methyl sites for hydroxylation is 1. The molecule has 0 aliphatic carbocycles. The van der Waals surface area contributed by atoms with Crippen molar-refractivity contribution in [2.45, 2.75) is 37.6 Å². The fourth-order valence-electron chi connectivity index (χ4n) is 3.00. The van der Waals surface area contributed by atoms with Gasteiger partial charge < -0.3 is 9.26 Å². The van der Waals surface area contributed by atoms with Crippen molar-refractivity contribution in [1.82, 2.24) is 24.9 Å². The van der Waals surface area contributed by atoms with Crippen LogP contribution in [0.15, 0.2) is 64.3 Å². The molecule has 0 saturated heterocycles. The molecule has 7 nitrogen and oxygen atoms in total. The molecule has 154 valence electrons. The highest BCUT2D eigenvalue weighted by Gasteiger charge is 2.22. The van der Waals surface area contributed by atoms with Crippen LogP contribution in [-0.4, -0.2) is 31.5 Å². The van der Waals surface area contributed by atoms with Crippen molar-refractivity contribution in [3.05, 3.63) is 66.3 Å². The lowest BCUT2D eigenvalue weighted by atomic mass is 10.2. The third-order valence-electron chi connectivity index (χ3n) is 4.50. The van der Waals surface area contributed by atoms with Crippen molar-refractivity contribution >= 4 is 11.8 Å². The molecule has 1 atom stereocenters.